The zero-order valence-electron chi connectivity index (χ0n) is 12.5. The predicted octanol–water partition coefficient (Wildman–Crippen LogP) is 2.37. The quantitative estimate of drug-likeness (QED) is 0.691. The Labute approximate surface area is 137 Å². The summed E-state index contributed by atoms with van der Waals surface area (Å²) >= 11 is 1.64. The van der Waals surface area contributed by atoms with Crippen LogP contribution in [0.2, 0.25) is 0 Å². The molecule has 4 rings (SSSR count). The van der Waals surface area contributed by atoms with Crippen LogP contribution in [0.4, 0.5) is 0 Å². The Hall–Kier alpha value is -2.54. The highest BCUT2D eigenvalue weighted by molar-refractivity contribution is 7.07. The molecule has 2 aromatic heterocycles. The van der Waals surface area contributed by atoms with Gasteiger partial charge in [0.25, 0.3) is 5.91 Å². The molecule has 1 aliphatic rings. The molecular weight excluding hydrogens is 310 g/mol. The Morgan fingerprint density at radius 1 is 1.26 bits per heavy atom. The van der Waals surface area contributed by atoms with E-state index in [-0.39, 0.29) is 18.0 Å². The molecule has 1 fully saturated rings. The zero-order chi connectivity index (χ0) is 15.8. The minimum absolute atomic E-state index is 0.0502. The van der Waals surface area contributed by atoms with Gasteiger partial charge in [0, 0.05) is 6.54 Å². The molecule has 0 aliphatic carbocycles. The number of thiophene rings is 1. The van der Waals surface area contributed by atoms with E-state index >= 15 is 0 Å². The molecule has 6 nitrogen and oxygen atoms in total. The van der Waals surface area contributed by atoms with Gasteiger partial charge < -0.3 is 4.90 Å². The number of β-lactam (4-membered cyclic amide) rings is 1. The van der Waals surface area contributed by atoms with Crippen LogP contribution in [-0.2, 0) is 11.3 Å². The summed E-state index contributed by atoms with van der Waals surface area (Å²) in [5, 5.41) is 15.4. The maximum atomic E-state index is 12.7. The van der Waals surface area contributed by atoms with Crippen molar-refractivity contribution in [3.8, 4) is 0 Å². The molecule has 2 atom stereocenters. The van der Waals surface area contributed by atoms with Crippen LogP contribution in [0, 0.1) is 6.92 Å². The van der Waals surface area contributed by atoms with Crippen molar-refractivity contribution >= 4 is 17.2 Å². The highest BCUT2D eigenvalue weighted by atomic mass is 32.1. The molecule has 1 aliphatic heterocycles. The highest BCUT2D eigenvalue weighted by Crippen LogP contribution is 2.44. The van der Waals surface area contributed by atoms with Crippen LogP contribution in [0.1, 0.15) is 28.8 Å². The molecule has 3 heterocycles. The lowest BCUT2D eigenvalue weighted by Gasteiger charge is -2.46. The van der Waals surface area contributed by atoms with E-state index in [0.717, 1.165) is 11.1 Å². The number of benzene rings is 1. The number of nitrogens with zero attached hydrogens (tertiary/aromatic N) is 5. The van der Waals surface area contributed by atoms with Gasteiger partial charge in [-0.25, -0.2) is 4.68 Å². The smallest absolute Gasteiger partial charge is 0.251 e. The van der Waals surface area contributed by atoms with Gasteiger partial charge in [-0.2, -0.15) is 11.3 Å². The molecule has 116 valence electrons. The third-order valence-corrected chi connectivity index (χ3v) is 4.87. The Morgan fingerprint density at radius 2 is 2.17 bits per heavy atom. The van der Waals surface area contributed by atoms with Gasteiger partial charge in [0.15, 0.2) is 6.04 Å². The van der Waals surface area contributed by atoms with Crippen LogP contribution < -0.4 is 0 Å². The number of tetrazole rings is 1. The number of amides is 1. The van der Waals surface area contributed by atoms with Gasteiger partial charge in [0.2, 0.25) is 0 Å². The topological polar surface area (TPSA) is 63.9 Å². The molecule has 0 saturated carbocycles. The summed E-state index contributed by atoms with van der Waals surface area (Å²) in [7, 11) is 0. The van der Waals surface area contributed by atoms with E-state index < -0.39 is 0 Å². The highest BCUT2D eigenvalue weighted by Gasteiger charge is 2.50. The number of rotatable bonds is 4. The number of aromatic nitrogens is 4. The lowest BCUT2D eigenvalue weighted by Crippen LogP contribution is -2.55. The van der Waals surface area contributed by atoms with Crippen LogP contribution in [-0.4, -0.2) is 31.0 Å². The standard InChI is InChI=1S/C16H15N5OS/c1-11-3-2-4-13(7-11)14-15(21-10-17-18-19-21)16(22)20(14)8-12-5-6-23-9-12/h2-7,9-10,14-15H,8H2,1H3/t14-,15-/m1/s1. The number of carbonyl (C=O) groups is 1. The summed E-state index contributed by atoms with van der Waals surface area (Å²) in [6.07, 6.45) is 1.51. The van der Waals surface area contributed by atoms with Crippen molar-refractivity contribution in [3.63, 3.8) is 0 Å². The van der Waals surface area contributed by atoms with Crippen molar-refractivity contribution in [2.24, 2.45) is 0 Å². The molecule has 1 amide bonds. The van der Waals surface area contributed by atoms with E-state index in [1.807, 2.05) is 16.3 Å². The molecule has 1 aromatic carbocycles. The van der Waals surface area contributed by atoms with Crippen LogP contribution in [0.3, 0.4) is 0 Å². The maximum Gasteiger partial charge on any atom is 0.251 e. The van der Waals surface area contributed by atoms with Crippen LogP contribution in [0.5, 0.6) is 0 Å². The number of hydrogen-bond acceptors (Lipinski definition) is 5. The second-order valence-electron chi connectivity index (χ2n) is 5.69. The minimum atomic E-state index is -0.370. The summed E-state index contributed by atoms with van der Waals surface area (Å²) in [5.74, 6) is 0.0509. The molecule has 0 N–H and O–H groups in total. The zero-order valence-corrected chi connectivity index (χ0v) is 13.3. The number of carbonyl (C=O) groups excluding carboxylic acids is 1. The molecule has 0 radical (unpaired) electrons. The molecule has 0 spiro atoms. The Kier molecular flexibility index (Phi) is 3.42. The number of likely N-dealkylation sites (tertiary alicyclic amines) is 1. The van der Waals surface area contributed by atoms with E-state index in [9.17, 15) is 4.79 Å². The Bertz CT molecular complexity index is 815. The largest absolute Gasteiger partial charge is 0.327 e. The lowest BCUT2D eigenvalue weighted by atomic mass is 9.87. The summed E-state index contributed by atoms with van der Waals surface area (Å²) in [6, 6.07) is 9.88. The molecule has 3 aromatic rings. The summed E-state index contributed by atoms with van der Waals surface area (Å²) in [5.41, 5.74) is 3.43. The molecule has 23 heavy (non-hydrogen) atoms. The third kappa shape index (κ3) is 2.43. The van der Waals surface area contributed by atoms with Gasteiger partial charge in [-0.05, 0) is 45.3 Å². The number of aryl methyl sites for hydroxylation is 1. The van der Waals surface area contributed by atoms with Gasteiger partial charge in [0.1, 0.15) is 6.33 Å². The predicted molar refractivity (Wildman–Crippen MR) is 85.6 cm³/mol. The fourth-order valence-electron chi connectivity index (χ4n) is 3.06. The van der Waals surface area contributed by atoms with E-state index in [2.05, 4.69) is 52.1 Å². The van der Waals surface area contributed by atoms with Gasteiger partial charge in [-0.1, -0.05) is 29.8 Å². The van der Waals surface area contributed by atoms with E-state index in [1.165, 1.54) is 11.9 Å². The van der Waals surface area contributed by atoms with Gasteiger partial charge in [-0.15, -0.1) is 5.10 Å². The minimum Gasteiger partial charge on any atom is -0.327 e. The third-order valence-electron chi connectivity index (χ3n) is 4.14. The van der Waals surface area contributed by atoms with Crippen LogP contribution in [0.25, 0.3) is 0 Å². The summed E-state index contributed by atoms with van der Waals surface area (Å²) in [6.45, 7) is 2.67. The Balaban J connectivity index is 1.70. The molecule has 1 saturated heterocycles. The monoisotopic (exact) mass is 325 g/mol. The molecule has 0 unspecified atom stereocenters. The first-order valence-corrected chi connectivity index (χ1v) is 8.29. The molecule has 7 heteroatoms. The second-order valence-corrected chi connectivity index (χ2v) is 6.47. The fourth-order valence-corrected chi connectivity index (χ4v) is 3.72. The molecular formula is C16H15N5OS. The fraction of sp³-hybridized carbons (Fsp3) is 0.250. The first kappa shape index (κ1) is 14.1. The van der Waals surface area contributed by atoms with E-state index in [0.29, 0.717) is 6.54 Å². The second kappa shape index (κ2) is 5.58. The van der Waals surface area contributed by atoms with Crippen molar-refractivity contribution in [3.05, 3.63) is 64.1 Å². The van der Waals surface area contributed by atoms with Gasteiger partial charge >= 0.3 is 0 Å². The summed E-state index contributed by atoms with van der Waals surface area (Å²) < 4.78 is 1.56. The SMILES string of the molecule is Cc1cccc([C@@H]2[C@@H](n3cnnn3)C(=O)N2Cc2ccsc2)c1. The van der Waals surface area contributed by atoms with Crippen LogP contribution in [0.15, 0.2) is 47.4 Å². The van der Waals surface area contributed by atoms with Crippen molar-refractivity contribution in [1.29, 1.82) is 0 Å². The number of hydrogen-bond donors (Lipinski definition) is 0. The lowest BCUT2D eigenvalue weighted by molar-refractivity contribution is -0.157. The Morgan fingerprint density at radius 3 is 2.87 bits per heavy atom. The van der Waals surface area contributed by atoms with E-state index in [1.54, 1.807) is 16.0 Å². The van der Waals surface area contributed by atoms with Crippen LogP contribution >= 0.6 is 11.3 Å². The van der Waals surface area contributed by atoms with Gasteiger partial charge in [-0.3, -0.25) is 4.79 Å². The normalized spacial score (nSPS) is 20.6. The first-order chi connectivity index (χ1) is 11.2. The molecule has 0 bridgehead atoms. The van der Waals surface area contributed by atoms with Crippen molar-refractivity contribution in [2.75, 3.05) is 0 Å². The average Bonchev–Trinajstić information content (AvgIpc) is 3.23. The summed E-state index contributed by atoms with van der Waals surface area (Å²) in [4.78, 5) is 14.6. The first-order valence-electron chi connectivity index (χ1n) is 7.34. The average molecular weight is 325 g/mol. The van der Waals surface area contributed by atoms with Crippen molar-refractivity contribution in [2.45, 2.75) is 25.6 Å². The maximum absolute atomic E-state index is 12.7. The van der Waals surface area contributed by atoms with E-state index in [4.69, 9.17) is 0 Å². The van der Waals surface area contributed by atoms with Crippen molar-refractivity contribution < 1.29 is 4.79 Å². The van der Waals surface area contributed by atoms with Crippen molar-refractivity contribution in [1.82, 2.24) is 25.1 Å². The van der Waals surface area contributed by atoms with Gasteiger partial charge in [0.05, 0.1) is 6.04 Å².